The van der Waals surface area contributed by atoms with Crippen LogP contribution >= 0.6 is 0 Å². The summed E-state index contributed by atoms with van der Waals surface area (Å²) in [5.74, 6) is -0.566. The van der Waals surface area contributed by atoms with Gasteiger partial charge >= 0.3 is 0 Å². The molecule has 36 heavy (non-hydrogen) atoms. The molecule has 1 aliphatic rings. The minimum Gasteiger partial charge on any atom is -0.387 e. The van der Waals surface area contributed by atoms with E-state index in [4.69, 9.17) is 0 Å². The third kappa shape index (κ3) is 5.28. The van der Waals surface area contributed by atoms with Crippen molar-refractivity contribution in [3.63, 3.8) is 0 Å². The molecule has 0 spiro atoms. The summed E-state index contributed by atoms with van der Waals surface area (Å²) in [6, 6.07) is 7.14. The molecule has 0 saturated carbocycles. The van der Waals surface area contributed by atoms with Gasteiger partial charge in [-0.3, -0.25) is 9.78 Å². The maximum Gasteiger partial charge on any atom is 0.255 e. The molecule has 4 N–H and O–H groups in total. The lowest BCUT2D eigenvalue weighted by Gasteiger charge is -2.31. The third-order valence-electron chi connectivity index (χ3n) is 6.47. The standard InChI is InChI=1S/C24H29FN6O4S/c1-24(2,33)19(25)13-28-23(32)17-12-27-20-16-5-4-14(11-26)10-18(16)30-22(20)21(17)29-15-6-8-31(9-7-15)36(3,34)35/h4-5,10,12,15,19,30,33H,6-9,13H2,1-3H3,(H,27,29)(H,28,32). The largest absolute Gasteiger partial charge is 0.387 e. The summed E-state index contributed by atoms with van der Waals surface area (Å²) in [5, 5.41) is 25.8. The number of fused-ring (bicyclic) bond motifs is 3. The summed E-state index contributed by atoms with van der Waals surface area (Å²) < 4.78 is 39.5. The number of benzene rings is 1. The average Bonchev–Trinajstić information content (AvgIpc) is 3.19. The maximum atomic E-state index is 14.3. The topological polar surface area (TPSA) is 151 Å². The summed E-state index contributed by atoms with van der Waals surface area (Å²) in [6.45, 7) is 2.96. The van der Waals surface area contributed by atoms with Crippen LogP contribution in [-0.4, -0.2) is 77.4 Å². The van der Waals surface area contributed by atoms with Crippen LogP contribution in [0.25, 0.3) is 21.9 Å². The second-order valence-electron chi connectivity index (χ2n) is 9.68. The molecule has 1 aliphatic heterocycles. The van der Waals surface area contributed by atoms with E-state index in [1.807, 2.05) is 0 Å². The Kier molecular flexibility index (Phi) is 6.92. The van der Waals surface area contributed by atoms with E-state index in [-0.39, 0.29) is 18.2 Å². The molecule has 10 nitrogen and oxygen atoms in total. The average molecular weight is 517 g/mol. The monoisotopic (exact) mass is 516 g/mol. The molecular weight excluding hydrogens is 487 g/mol. The number of rotatable bonds is 7. The van der Waals surface area contributed by atoms with Crippen molar-refractivity contribution in [1.29, 1.82) is 5.26 Å². The summed E-state index contributed by atoms with van der Waals surface area (Å²) in [6.07, 6.45) is 1.98. The van der Waals surface area contributed by atoms with Gasteiger partial charge in [0.1, 0.15) is 6.17 Å². The van der Waals surface area contributed by atoms with Crippen LogP contribution in [0.2, 0.25) is 0 Å². The molecule has 12 heteroatoms. The smallest absolute Gasteiger partial charge is 0.255 e. The van der Waals surface area contributed by atoms with Crippen molar-refractivity contribution in [2.45, 2.75) is 44.5 Å². The number of nitrogens with one attached hydrogen (secondary N) is 3. The molecule has 0 aliphatic carbocycles. The van der Waals surface area contributed by atoms with Crippen molar-refractivity contribution in [1.82, 2.24) is 19.6 Å². The first-order valence-corrected chi connectivity index (χ1v) is 13.4. The number of sulfonamides is 1. The van der Waals surface area contributed by atoms with Crippen LogP contribution in [0.15, 0.2) is 24.4 Å². The first kappa shape index (κ1) is 25.8. The molecule has 192 valence electrons. The minimum atomic E-state index is -3.29. The fourth-order valence-electron chi connectivity index (χ4n) is 4.28. The van der Waals surface area contributed by atoms with Crippen molar-refractivity contribution in [2.24, 2.45) is 0 Å². The highest BCUT2D eigenvalue weighted by Crippen LogP contribution is 2.33. The fraction of sp³-hybridized carbons (Fsp3) is 0.458. The van der Waals surface area contributed by atoms with Gasteiger partial charge in [-0.1, -0.05) is 0 Å². The zero-order valence-corrected chi connectivity index (χ0v) is 21.1. The summed E-state index contributed by atoms with van der Waals surface area (Å²) in [7, 11) is -3.29. The number of aromatic amines is 1. The van der Waals surface area contributed by atoms with Crippen molar-refractivity contribution >= 4 is 43.6 Å². The number of aromatic nitrogens is 2. The number of pyridine rings is 1. The fourth-order valence-corrected chi connectivity index (χ4v) is 5.15. The molecule has 0 bridgehead atoms. The van der Waals surface area contributed by atoms with Crippen LogP contribution in [0.3, 0.4) is 0 Å². The molecule has 0 radical (unpaired) electrons. The molecule has 3 aromatic rings. The number of aliphatic hydroxyl groups is 1. The van der Waals surface area contributed by atoms with E-state index in [0.29, 0.717) is 53.7 Å². The van der Waals surface area contributed by atoms with Gasteiger partial charge in [0.2, 0.25) is 10.0 Å². The van der Waals surface area contributed by atoms with Crippen LogP contribution in [0.1, 0.15) is 42.6 Å². The van der Waals surface area contributed by atoms with Gasteiger partial charge in [0.15, 0.2) is 0 Å². The number of amides is 1. The Morgan fingerprint density at radius 1 is 1.39 bits per heavy atom. The number of nitriles is 1. The number of hydrogen-bond acceptors (Lipinski definition) is 7. The molecule has 3 heterocycles. The van der Waals surface area contributed by atoms with E-state index >= 15 is 0 Å². The number of nitrogens with zero attached hydrogens (tertiary/aromatic N) is 3. The quantitative estimate of drug-likeness (QED) is 0.376. The number of carbonyl (C=O) groups excluding carboxylic acids is 1. The van der Waals surface area contributed by atoms with Crippen LogP contribution < -0.4 is 10.6 Å². The molecule has 1 saturated heterocycles. The lowest BCUT2D eigenvalue weighted by Crippen LogP contribution is -2.43. The minimum absolute atomic E-state index is 0.119. The Hall–Kier alpha value is -3.27. The summed E-state index contributed by atoms with van der Waals surface area (Å²) >= 11 is 0. The van der Waals surface area contributed by atoms with E-state index < -0.39 is 27.7 Å². The van der Waals surface area contributed by atoms with Crippen LogP contribution in [-0.2, 0) is 10.0 Å². The van der Waals surface area contributed by atoms with Gasteiger partial charge in [0.25, 0.3) is 5.91 Å². The van der Waals surface area contributed by atoms with Gasteiger partial charge in [-0.2, -0.15) is 5.26 Å². The first-order valence-electron chi connectivity index (χ1n) is 11.6. The second kappa shape index (κ2) is 9.65. The van der Waals surface area contributed by atoms with Gasteiger partial charge in [0.05, 0.1) is 52.3 Å². The van der Waals surface area contributed by atoms with Crippen LogP contribution in [0.4, 0.5) is 10.1 Å². The lowest BCUT2D eigenvalue weighted by atomic mass is 10.0. The Morgan fingerprint density at radius 3 is 2.69 bits per heavy atom. The van der Waals surface area contributed by atoms with Crippen molar-refractivity contribution < 1.29 is 22.7 Å². The number of halogens is 1. The van der Waals surface area contributed by atoms with Gasteiger partial charge in [0, 0.05) is 36.2 Å². The highest BCUT2D eigenvalue weighted by Gasteiger charge is 2.29. The van der Waals surface area contributed by atoms with Gasteiger partial charge in [-0.05, 0) is 44.9 Å². The van der Waals surface area contributed by atoms with Gasteiger partial charge in [-0.15, -0.1) is 0 Å². The van der Waals surface area contributed by atoms with Crippen molar-refractivity contribution in [2.75, 3.05) is 31.2 Å². The van der Waals surface area contributed by atoms with E-state index in [0.717, 1.165) is 5.39 Å². The van der Waals surface area contributed by atoms with Crippen LogP contribution in [0.5, 0.6) is 0 Å². The molecule has 1 atom stereocenters. The predicted octanol–water partition coefficient (Wildman–Crippen LogP) is 2.26. The Morgan fingerprint density at radius 2 is 2.08 bits per heavy atom. The normalized spacial score (nSPS) is 16.7. The maximum absolute atomic E-state index is 14.3. The molecule has 1 unspecified atom stereocenters. The number of piperidine rings is 1. The highest BCUT2D eigenvalue weighted by atomic mass is 32.2. The number of H-pyrrole nitrogens is 1. The third-order valence-corrected chi connectivity index (χ3v) is 7.77. The first-order chi connectivity index (χ1) is 16.9. The Bertz CT molecular complexity index is 1450. The molecule has 1 aromatic carbocycles. The predicted molar refractivity (Wildman–Crippen MR) is 135 cm³/mol. The number of alkyl halides is 1. The van der Waals surface area contributed by atoms with E-state index in [1.54, 1.807) is 18.2 Å². The van der Waals surface area contributed by atoms with Gasteiger partial charge in [-0.25, -0.2) is 17.1 Å². The lowest BCUT2D eigenvalue weighted by molar-refractivity contribution is -0.00177. The number of hydrogen-bond donors (Lipinski definition) is 4. The van der Waals surface area contributed by atoms with Crippen molar-refractivity contribution in [3.8, 4) is 6.07 Å². The molecule has 1 amide bonds. The number of carbonyl (C=O) groups is 1. The molecular formula is C24H29FN6O4S. The summed E-state index contributed by atoms with van der Waals surface area (Å²) in [5.41, 5.74) is 1.33. The van der Waals surface area contributed by atoms with E-state index in [1.165, 1.54) is 30.6 Å². The SMILES string of the molecule is CC(C)(O)C(F)CNC(=O)c1cnc2c([nH]c3cc(C#N)ccc32)c1NC1CCN(S(C)(=O)=O)CC1. The second-order valence-corrected chi connectivity index (χ2v) is 11.7. The van der Waals surface area contributed by atoms with Crippen molar-refractivity contribution in [3.05, 3.63) is 35.5 Å². The molecule has 4 rings (SSSR count). The van der Waals surface area contributed by atoms with Crippen LogP contribution in [0, 0.1) is 11.3 Å². The zero-order chi connectivity index (χ0) is 26.3. The molecule has 2 aromatic heterocycles. The van der Waals surface area contributed by atoms with Gasteiger partial charge < -0.3 is 20.7 Å². The van der Waals surface area contributed by atoms with E-state index in [2.05, 4.69) is 26.7 Å². The highest BCUT2D eigenvalue weighted by molar-refractivity contribution is 7.88. The Labute approximate surface area is 208 Å². The summed E-state index contributed by atoms with van der Waals surface area (Å²) in [4.78, 5) is 20.8. The van der Waals surface area contributed by atoms with E-state index in [9.17, 15) is 28.0 Å². The zero-order valence-electron chi connectivity index (χ0n) is 20.3. The number of anilines is 1. The molecule has 1 fully saturated rings. The Balaban J connectivity index is 1.71.